The van der Waals surface area contributed by atoms with Crippen molar-refractivity contribution in [3.63, 3.8) is 0 Å². The maximum absolute atomic E-state index is 12.1. The summed E-state index contributed by atoms with van der Waals surface area (Å²) in [5.41, 5.74) is 32.2. The fraction of sp³-hybridized carbons (Fsp3) is 0.792. The Balaban J connectivity index is 0.000000495. The molecule has 4 unspecified atom stereocenters. The number of carbonyl (C=O) groups excluding carboxylic acids is 10. The summed E-state index contributed by atoms with van der Waals surface area (Å²) in [6, 6.07) is -2.53. The van der Waals surface area contributed by atoms with Crippen LogP contribution in [0.5, 0.6) is 0 Å². The molecule has 0 aromatic rings. The van der Waals surface area contributed by atoms with Crippen LogP contribution in [0.1, 0.15) is 119 Å². The van der Waals surface area contributed by atoms with Crippen molar-refractivity contribution in [2.75, 3.05) is 78.5 Å². The second kappa shape index (κ2) is 36.4. The third-order valence-electron chi connectivity index (χ3n) is 13.3. The normalized spacial score (nSPS) is 21.3. The average Bonchev–Trinajstić information content (AvgIpc) is 4.21. The van der Waals surface area contributed by atoms with Crippen LogP contribution >= 0.6 is 0 Å². The second-order valence-electron chi connectivity index (χ2n) is 18.6. The molecule has 4 rings (SSSR count). The van der Waals surface area contributed by atoms with Crippen molar-refractivity contribution in [1.29, 1.82) is 0 Å². The number of likely N-dealkylation sites (tertiary alicyclic amines) is 4. The van der Waals surface area contributed by atoms with E-state index in [1.54, 1.807) is 0 Å². The number of primary amides is 4. The average molecular weight is 1050 g/mol. The lowest BCUT2D eigenvalue weighted by molar-refractivity contribution is -0.131. The largest absolute Gasteiger partial charge is 0.368 e. The number of hydrogen-bond donors (Lipinski definition) is 12. The van der Waals surface area contributed by atoms with Gasteiger partial charge in [0, 0.05) is 66.2 Å². The van der Waals surface area contributed by atoms with Gasteiger partial charge in [-0.25, -0.2) is 0 Å². The Morgan fingerprint density at radius 3 is 0.757 bits per heavy atom. The van der Waals surface area contributed by atoms with Crippen molar-refractivity contribution in [2.24, 2.45) is 34.4 Å². The van der Waals surface area contributed by atoms with Gasteiger partial charge in [-0.15, -0.1) is 0 Å². The highest BCUT2D eigenvalue weighted by molar-refractivity contribution is 5.87. The first-order chi connectivity index (χ1) is 35.2. The minimum Gasteiger partial charge on any atom is -0.368 e. The molecule has 0 aliphatic carbocycles. The van der Waals surface area contributed by atoms with Crippen LogP contribution in [0.3, 0.4) is 0 Å². The van der Waals surface area contributed by atoms with Crippen LogP contribution in [0.15, 0.2) is 0 Å². The zero-order valence-corrected chi connectivity index (χ0v) is 44.9. The molecule has 4 saturated heterocycles. The molecule has 0 radical (unpaired) electrons. The standard InChI is InChI=1S/2C13H24N4O3.2C11H22N4O2/c2*1-3-10(12(14)19)17-8-4-5-11(17)13(20)16-7-6-15-9(2)18;2*1-2-8(10(13)16)15-7-3-4-9(15)11(17)14-6-5-12/h2*10-11H,3-8H2,1-2H3,(H2,14,19)(H,15,18)(H,16,20);2*8-9H,2-7,12H2,1H3,(H2,13,16)(H,14,17)/t2*10-,11?;2*8-,9?/m0000/s1. The van der Waals surface area contributed by atoms with Crippen molar-refractivity contribution in [1.82, 2.24) is 51.5 Å². The number of hydrogen-bond acceptors (Lipinski definition) is 16. The Labute approximate surface area is 437 Å². The summed E-state index contributed by atoms with van der Waals surface area (Å²) in [5.74, 6) is -2.03. The van der Waals surface area contributed by atoms with Gasteiger partial charge < -0.3 is 66.3 Å². The number of nitrogens with zero attached hydrogens (tertiary/aromatic N) is 4. The van der Waals surface area contributed by atoms with Crippen LogP contribution in [0, 0.1) is 0 Å². The van der Waals surface area contributed by atoms with Crippen LogP contribution in [-0.2, 0) is 47.9 Å². The van der Waals surface area contributed by atoms with Gasteiger partial charge in [0.1, 0.15) is 0 Å². The molecule has 26 heteroatoms. The maximum Gasteiger partial charge on any atom is 0.237 e. The molecule has 424 valence electrons. The molecular weight excluding hydrogens is 961 g/mol. The Hall–Kier alpha value is -5.54. The smallest absolute Gasteiger partial charge is 0.237 e. The first-order valence-corrected chi connectivity index (χ1v) is 26.4. The molecule has 18 N–H and O–H groups in total. The van der Waals surface area contributed by atoms with E-state index in [0.717, 1.165) is 64.5 Å². The highest BCUT2D eigenvalue weighted by Crippen LogP contribution is 2.25. The number of nitrogens with two attached hydrogens (primary N) is 6. The molecule has 4 aliphatic heterocycles. The molecule has 26 nitrogen and oxygen atoms in total. The van der Waals surface area contributed by atoms with Crippen LogP contribution in [0.2, 0.25) is 0 Å². The molecule has 4 aliphatic rings. The number of nitrogens with one attached hydrogen (secondary N) is 6. The van der Waals surface area contributed by atoms with Gasteiger partial charge in [-0.05, 0) is 103 Å². The number of rotatable bonds is 26. The molecule has 10 amide bonds. The number of carbonyl (C=O) groups is 10. The van der Waals surface area contributed by atoms with Gasteiger partial charge in [-0.1, -0.05) is 27.7 Å². The highest BCUT2D eigenvalue weighted by atomic mass is 16.2. The maximum atomic E-state index is 12.1. The second-order valence-corrected chi connectivity index (χ2v) is 18.6. The first-order valence-electron chi connectivity index (χ1n) is 26.4. The van der Waals surface area contributed by atoms with Gasteiger partial charge in [0.25, 0.3) is 0 Å². The lowest BCUT2D eigenvalue weighted by Crippen LogP contribution is -2.52. The monoisotopic (exact) mass is 1050 g/mol. The van der Waals surface area contributed by atoms with Crippen molar-refractivity contribution >= 4 is 59.1 Å². The lowest BCUT2D eigenvalue weighted by Gasteiger charge is -2.29. The predicted octanol–water partition coefficient (Wildman–Crippen LogP) is -4.49. The van der Waals surface area contributed by atoms with Crippen molar-refractivity contribution < 1.29 is 47.9 Å². The summed E-state index contributed by atoms with van der Waals surface area (Å²) >= 11 is 0. The molecule has 8 atom stereocenters. The third kappa shape index (κ3) is 22.5. The molecular formula is C48H92N16O10. The Kier molecular flexibility index (Phi) is 32.7. The molecule has 0 aromatic heterocycles. The predicted molar refractivity (Wildman–Crippen MR) is 280 cm³/mol. The minimum atomic E-state index is -0.386. The molecule has 0 bridgehead atoms. The van der Waals surface area contributed by atoms with Gasteiger partial charge in [-0.3, -0.25) is 67.5 Å². The van der Waals surface area contributed by atoms with E-state index in [1.807, 2.05) is 47.3 Å². The quantitative estimate of drug-likeness (QED) is 0.0364. The minimum absolute atomic E-state index is 0.0485. The van der Waals surface area contributed by atoms with Gasteiger partial charge in [-0.2, -0.15) is 0 Å². The highest BCUT2D eigenvalue weighted by Gasteiger charge is 2.40. The summed E-state index contributed by atoms with van der Waals surface area (Å²) in [5, 5.41) is 16.3. The zero-order valence-electron chi connectivity index (χ0n) is 44.9. The third-order valence-corrected chi connectivity index (χ3v) is 13.3. The van der Waals surface area contributed by atoms with Gasteiger partial charge >= 0.3 is 0 Å². The summed E-state index contributed by atoms with van der Waals surface area (Å²) in [4.78, 5) is 123. The Bertz CT molecular complexity index is 1690. The Morgan fingerprint density at radius 2 is 0.581 bits per heavy atom. The van der Waals surface area contributed by atoms with Crippen molar-refractivity contribution in [2.45, 2.75) is 167 Å². The van der Waals surface area contributed by atoms with Gasteiger partial charge in [0.15, 0.2) is 0 Å². The molecule has 4 heterocycles. The van der Waals surface area contributed by atoms with E-state index < -0.39 is 0 Å². The van der Waals surface area contributed by atoms with E-state index in [4.69, 9.17) is 34.4 Å². The van der Waals surface area contributed by atoms with E-state index in [-0.39, 0.29) is 107 Å². The summed E-state index contributed by atoms with van der Waals surface area (Å²) in [7, 11) is 0. The molecule has 0 saturated carbocycles. The SMILES string of the molecule is CC[C@@H](C(N)=O)N1CCCC1C(=O)NCCN.CC[C@@H](C(N)=O)N1CCCC1C(=O)NCCN.CC[C@@H](C(N)=O)N1CCCC1C(=O)NCCNC(C)=O.CC[C@@H](C(N)=O)N1CCCC1C(=O)NCCNC(C)=O. The molecule has 0 spiro atoms. The fourth-order valence-corrected chi connectivity index (χ4v) is 9.88. The van der Waals surface area contributed by atoms with Gasteiger partial charge in [0.05, 0.1) is 48.3 Å². The van der Waals surface area contributed by atoms with Crippen LogP contribution in [-0.4, -0.2) is 206 Å². The molecule has 0 aromatic carbocycles. The van der Waals surface area contributed by atoms with E-state index in [2.05, 4.69) is 31.9 Å². The molecule has 74 heavy (non-hydrogen) atoms. The zero-order chi connectivity index (χ0) is 55.9. The topological polar surface area (TPSA) is 412 Å². The van der Waals surface area contributed by atoms with Crippen LogP contribution < -0.4 is 66.3 Å². The summed E-state index contributed by atoms with van der Waals surface area (Å²) < 4.78 is 0. The van der Waals surface area contributed by atoms with E-state index >= 15 is 0 Å². The fourth-order valence-electron chi connectivity index (χ4n) is 9.88. The van der Waals surface area contributed by atoms with Gasteiger partial charge in [0.2, 0.25) is 59.1 Å². The molecule has 4 fully saturated rings. The Morgan fingerprint density at radius 1 is 0.378 bits per heavy atom. The lowest BCUT2D eigenvalue weighted by atomic mass is 10.1. The van der Waals surface area contributed by atoms with Crippen molar-refractivity contribution in [3.05, 3.63) is 0 Å². The van der Waals surface area contributed by atoms with Crippen LogP contribution in [0.25, 0.3) is 0 Å². The number of amides is 10. The summed E-state index contributed by atoms with van der Waals surface area (Å²) in [6.45, 7) is 16.7. The first kappa shape index (κ1) is 66.5. The van der Waals surface area contributed by atoms with E-state index in [1.165, 1.54) is 13.8 Å². The van der Waals surface area contributed by atoms with E-state index in [0.29, 0.717) is 91.1 Å². The summed E-state index contributed by atoms with van der Waals surface area (Å²) in [6.07, 6.45) is 9.10. The van der Waals surface area contributed by atoms with Crippen LogP contribution in [0.4, 0.5) is 0 Å². The van der Waals surface area contributed by atoms with Crippen molar-refractivity contribution in [3.8, 4) is 0 Å². The van der Waals surface area contributed by atoms with E-state index in [9.17, 15) is 47.9 Å².